The van der Waals surface area contributed by atoms with Gasteiger partial charge in [0, 0.05) is 18.1 Å². The maximum absolute atomic E-state index is 13.5. The van der Waals surface area contributed by atoms with Crippen LogP contribution >= 0.6 is 11.6 Å². The van der Waals surface area contributed by atoms with E-state index in [4.69, 9.17) is 17.3 Å². The topological polar surface area (TPSA) is 58.4 Å². The number of nitrogens with zero attached hydrogens (tertiary/aromatic N) is 1. The first kappa shape index (κ1) is 15.1. The molecule has 0 atom stereocenters. The lowest BCUT2D eigenvalue weighted by molar-refractivity contribution is 0.258. The lowest BCUT2D eigenvalue weighted by Gasteiger charge is -2.20. The average Bonchev–Trinajstić information content (AvgIpc) is 2.43. The highest BCUT2D eigenvalue weighted by atomic mass is 35.5. The van der Waals surface area contributed by atoms with Crippen LogP contribution in [0.2, 0.25) is 5.02 Å². The summed E-state index contributed by atoms with van der Waals surface area (Å²) in [4.78, 5) is 13.3. The summed E-state index contributed by atoms with van der Waals surface area (Å²) in [6.07, 6.45) is 0. The van der Waals surface area contributed by atoms with Gasteiger partial charge in [0.15, 0.2) is 0 Å². The third kappa shape index (κ3) is 3.41. The van der Waals surface area contributed by atoms with E-state index in [2.05, 4.69) is 5.32 Å². The second kappa shape index (κ2) is 5.97. The SMILES string of the molecule is CN(C(=O)Nc1ccc(F)cc1F)c1cc(Cl)ccc1N. The van der Waals surface area contributed by atoms with Crippen LogP contribution < -0.4 is 16.0 Å². The third-order valence-electron chi connectivity index (χ3n) is 2.83. The van der Waals surface area contributed by atoms with Crippen molar-refractivity contribution >= 4 is 34.7 Å². The van der Waals surface area contributed by atoms with Crippen LogP contribution in [0, 0.1) is 11.6 Å². The number of benzene rings is 2. The van der Waals surface area contributed by atoms with Gasteiger partial charge in [0.2, 0.25) is 0 Å². The zero-order valence-electron chi connectivity index (χ0n) is 11.0. The van der Waals surface area contributed by atoms with Crippen molar-refractivity contribution in [2.45, 2.75) is 0 Å². The van der Waals surface area contributed by atoms with Crippen molar-refractivity contribution in [1.29, 1.82) is 0 Å². The number of carbonyl (C=O) groups excluding carboxylic acids is 1. The molecular formula is C14H12ClF2N3O. The Morgan fingerprint density at radius 2 is 1.95 bits per heavy atom. The Morgan fingerprint density at radius 1 is 1.24 bits per heavy atom. The number of nitrogens with one attached hydrogen (secondary N) is 1. The van der Waals surface area contributed by atoms with Crippen LogP contribution in [0.5, 0.6) is 0 Å². The summed E-state index contributed by atoms with van der Waals surface area (Å²) in [6, 6.07) is 6.89. The molecule has 110 valence electrons. The maximum Gasteiger partial charge on any atom is 0.326 e. The highest BCUT2D eigenvalue weighted by Crippen LogP contribution is 2.26. The molecule has 2 amide bonds. The predicted molar refractivity (Wildman–Crippen MR) is 79.6 cm³/mol. The Morgan fingerprint density at radius 3 is 2.62 bits per heavy atom. The zero-order valence-corrected chi connectivity index (χ0v) is 11.8. The molecule has 0 saturated carbocycles. The third-order valence-corrected chi connectivity index (χ3v) is 3.07. The standard InChI is InChI=1S/C14H12ClF2N3O/c1-20(13-6-8(15)2-4-11(13)18)14(21)19-12-5-3-9(16)7-10(12)17/h2-7H,18H2,1H3,(H,19,21). The molecule has 0 aromatic heterocycles. The van der Waals surface area contributed by atoms with Crippen LogP contribution in [-0.2, 0) is 0 Å². The van der Waals surface area contributed by atoms with E-state index < -0.39 is 17.7 Å². The Bertz CT molecular complexity index is 694. The fourth-order valence-electron chi connectivity index (χ4n) is 1.71. The van der Waals surface area contributed by atoms with Crippen molar-refractivity contribution in [3.05, 3.63) is 53.1 Å². The fourth-order valence-corrected chi connectivity index (χ4v) is 1.87. The van der Waals surface area contributed by atoms with Gasteiger partial charge in [-0.1, -0.05) is 11.6 Å². The smallest absolute Gasteiger partial charge is 0.326 e. The molecule has 0 aliphatic heterocycles. The molecule has 4 nitrogen and oxygen atoms in total. The van der Waals surface area contributed by atoms with E-state index in [9.17, 15) is 13.6 Å². The molecule has 0 aliphatic rings. The summed E-state index contributed by atoms with van der Waals surface area (Å²) in [6.45, 7) is 0. The molecule has 0 heterocycles. The number of halogens is 3. The Kier molecular flexibility index (Phi) is 4.28. The van der Waals surface area contributed by atoms with Gasteiger partial charge in [0.05, 0.1) is 17.1 Å². The monoisotopic (exact) mass is 311 g/mol. The summed E-state index contributed by atoms with van der Waals surface area (Å²) in [5.41, 5.74) is 6.36. The Labute approximate surface area is 125 Å². The summed E-state index contributed by atoms with van der Waals surface area (Å²) < 4.78 is 26.3. The van der Waals surface area contributed by atoms with Crippen molar-refractivity contribution in [2.75, 3.05) is 23.0 Å². The van der Waals surface area contributed by atoms with E-state index >= 15 is 0 Å². The normalized spacial score (nSPS) is 10.3. The van der Waals surface area contributed by atoms with Crippen molar-refractivity contribution in [3.8, 4) is 0 Å². The molecular weight excluding hydrogens is 300 g/mol. The molecule has 7 heteroatoms. The summed E-state index contributed by atoms with van der Waals surface area (Å²) >= 11 is 5.85. The highest BCUT2D eigenvalue weighted by Gasteiger charge is 2.16. The van der Waals surface area contributed by atoms with Crippen molar-refractivity contribution < 1.29 is 13.6 Å². The van der Waals surface area contributed by atoms with Gasteiger partial charge in [0.25, 0.3) is 0 Å². The molecule has 2 rings (SSSR count). The minimum atomic E-state index is -0.865. The lowest BCUT2D eigenvalue weighted by atomic mass is 10.2. The van der Waals surface area contributed by atoms with Crippen LogP contribution in [-0.4, -0.2) is 13.1 Å². The number of anilines is 3. The summed E-state index contributed by atoms with van der Waals surface area (Å²) in [5.74, 6) is -1.59. The van der Waals surface area contributed by atoms with Crippen LogP contribution in [0.4, 0.5) is 30.6 Å². The van der Waals surface area contributed by atoms with Crippen LogP contribution in [0.25, 0.3) is 0 Å². The van der Waals surface area contributed by atoms with E-state index in [-0.39, 0.29) is 5.69 Å². The first-order valence-corrected chi connectivity index (χ1v) is 6.31. The predicted octanol–water partition coefficient (Wildman–Crippen LogP) is 3.87. The molecule has 0 fully saturated rings. The summed E-state index contributed by atoms with van der Waals surface area (Å²) in [5, 5.41) is 2.74. The molecule has 0 radical (unpaired) electrons. The number of urea groups is 1. The highest BCUT2D eigenvalue weighted by molar-refractivity contribution is 6.31. The quantitative estimate of drug-likeness (QED) is 0.827. The van der Waals surface area contributed by atoms with E-state index in [1.54, 1.807) is 12.1 Å². The summed E-state index contributed by atoms with van der Waals surface area (Å²) in [7, 11) is 1.46. The van der Waals surface area contributed by atoms with Crippen molar-refractivity contribution in [1.82, 2.24) is 0 Å². The van der Waals surface area contributed by atoms with Gasteiger partial charge in [-0.3, -0.25) is 4.90 Å². The van der Waals surface area contributed by atoms with Crippen molar-refractivity contribution in [2.24, 2.45) is 0 Å². The van der Waals surface area contributed by atoms with Crippen LogP contribution in [0.1, 0.15) is 0 Å². The van der Waals surface area contributed by atoms with Crippen LogP contribution in [0.15, 0.2) is 36.4 Å². The molecule has 0 saturated heterocycles. The zero-order chi connectivity index (χ0) is 15.6. The van der Waals surface area contributed by atoms with Gasteiger partial charge in [-0.15, -0.1) is 0 Å². The fraction of sp³-hybridized carbons (Fsp3) is 0.0714. The number of amides is 2. The van der Waals surface area contributed by atoms with Gasteiger partial charge >= 0.3 is 6.03 Å². The number of rotatable bonds is 2. The van der Waals surface area contributed by atoms with Gasteiger partial charge in [0.1, 0.15) is 11.6 Å². The minimum absolute atomic E-state index is 0.131. The molecule has 0 spiro atoms. The van der Waals surface area contributed by atoms with E-state index in [0.29, 0.717) is 22.5 Å². The maximum atomic E-state index is 13.5. The largest absolute Gasteiger partial charge is 0.397 e. The first-order chi connectivity index (χ1) is 9.88. The lowest BCUT2D eigenvalue weighted by Crippen LogP contribution is -2.32. The van der Waals surface area contributed by atoms with E-state index in [1.807, 2.05) is 0 Å². The second-order valence-corrected chi connectivity index (χ2v) is 4.75. The van der Waals surface area contributed by atoms with Gasteiger partial charge < -0.3 is 11.1 Å². The average molecular weight is 312 g/mol. The van der Waals surface area contributed by atoms with Crippen LogP contribution in [0.3, 0.4) is 0 Å². The molecule has 21 heavy (non-hydrogen) atoms. The van der Waals surface area contributed by atoms with Gasteiger partial charge in [-0.05, 0) is 30.3 Å². The van der Waals surface area contributed by atoms with E-state index in [1.165, 1.54) is 18.0 Å². The second-order valence-electron chi connectivity index (χ2n) is 4.32. The molecule has 0 unspecified atom stereocenters. The van der Waals surface area contributed by atoms with E-state index in [0.717, 1.165) is 12.1 Å². The van der Waals surface area contributed by atoms with Gasteiger partial charge in [-0.25, -0.2) is 13.6 Å². The number of nitrogens with two attached hydrogens (primary N) is 1. The molecule has 0 bridgehead atoms. The number of carbonyl (C=O) groups is 1. The molecule has 0 aliphatic carbocycles. The molecule has 2 aromatic carbocycles. The van der Waals surface area contributed by atoms with Crippen molar-refractivity contribution in [3.63, 3.8) is 0 Å². The molecule has 2 aromatic rings. The number of hydrogen-bond donors (Lipinski definition) is 2. The number of hydrogen-bond acceptors (Lipinski definition) is 2. The minimum Gasteiger partial charge on any atom is -0.397 e. The first-order valence-electron chi connectivity index (χ1n) is 5.93. The van der Waals surface area contributed by atoms with Gasteiger partial charge in [-0.2, -0.15) is 0 Å². The Balaban J connectivity index is 2.21. The Hall–Kier alpha value is -2.34. The number of nitrogen functional groups attached to an aromatic ring is 1. The molecule has 3 N–H and O–H groups in total.